The molecule has 3 atom stereocenters. The molecule has 1 saturated heterocycles. The number of benzene rings is 1. The van der Waals surface area contributed by atoms with E-state index in [2.05, 4.69) is 0 Å². The van der Waals surface area contributed by atoms with Gasteiger partial charge in [-0.2, -0.15) is 5.26 Å². The van der Waals surface area contributed by atoms with Crippen molar-refractivity contribution in [2.24, 2.45) is 17.1 Å². The minimum absolute atomic E-state index is 0.140. The number of rotatable bonds is 6. The zero-order chi connectivity index (χ0) is 24.4. The van der Waals surface area contributed by atoms with Crippen LogP contribution in [0.25, 0.3) is 0 Å². The number of nitriles is 1. The fraction of sp³-hybridized carbons (Fsp3) is 0.500. The molecule has 1 aliphatic carbocycles. The van der Waals surface area contributed by atoms with Crippen LogP contribution in [0.4, 0.5) is 8.78 Å². The topological polar surface area (TPSA) is 157 Å². The predicted molar refractivity (Wildman–Crippen MR) is 106 cm³/mol. The molecule has 0 aromatic heterocycles. The van der Waals surface area contributed by atoms with Crippen molar-refractivity contribution in [2.75, 3.05) is 32.9 Å². The minimum atomic E-state index is -4.56. The molecule has 2 fully saturated rings. The van der Waals surface area contributed by atoms with Crippen LogP contribution in [0, 0.1) is 34.3 Å². The molecule has 0 spiro atoms. The number of sulfone groups is 1. The molecule has 10 nitrogen and oxygen atoms in total. The Morgan fingerprint density at radius 1 is 1.27 bits per heavy atom. The van der Waals surface area contributed by atoms with E-state index in [1.807, 2.05) is 0 Å². The van der Waals surface area contributed by atoms with Crippen molar-refractivity contribution in [1.82, 2.24) is 4.90 Å². The molecule has 3 rings (SSSR count). The summed E-state index contributed by atoms with van der Waals surface area (Å²) in [6, 6.07) is 3.43. The number of hydrogen-bond acceptors (Lipinski definition) is 8. The van der Waals surface area contributed by atoms with E-state index >= 15 is 0 Å². The lowest BCUT2D eigenvalue weighted by molar-refractivity contribution is -0.167. The van der Waals surface area contributed by atoms with Crippen molar-refractivity contribution in [3.63, 3.8) is 0 Å². The molecule has 2 N–H and O–H groups in total. The summed E-state index contributed by atoms with van der Waals surface area (Å²) in [6.45, 7) is -0.0773. The van der Waals surface area contributed by atoms with Crippen LogP contribution >= 0.6 is 0 Å². The van der Waals surface area contributed by atoms with Crippen LogP contribution in [0.1, 0.15) is 12.8 Å². The first kappa shape index (κ1) is 24.5. The zero-order valence-corrected chi connectivity index (χ0v) is 18.1. The lowest BCUT2D eigenvalue weighted by atomic mass is 9.76. The molecule has 0 bridgehead atoms. The minimum Gasteiger partial charge on any atom is -0.449 e. The molecule has 33 heavy (non-hydrogen) atoms. The van der Waals surface area contributed by atoms with Gasteiger partial charge in [0.25, 0.3) is 0 Å². The predicted octanol–water partition coefficient (Wildman–Crippen LogP) is -0.0856. The Balaban J connectivity index is 2.07. The first-order valence-corrected chi connectivity index (χ1v) is 11.5. The number of primary amides is 1. The number of ether oxygens (including phenoxy) is 2. The van der Waals surface area contributed by atoms with Gasteiger partial charge in [0.1, 0.15) is 22.6 Å². The van der Waals surface area contributed by atoms with Gasteiger partial charge in [-0.15, -0.1) is 0 Å². The number of halogens is 2. The van der Waals surface area contributed by atoms with Crippen molar-refractivity contribution in [3.8, 4) is 6.07 Å². The third-order valence-electron chi connectivity index (χ3n) is 5.97. The highest BCUT2D eigenvalue weighted by molar-refractivity contribution is 7.92. The van der Waals surface area contributed by atoms with Gasteiger partial charge in [-0.05, 0) is 25.0 Å². The van der Waals surface area contributed by atoms with Crippen LogP contribution in [-0.2, 0) is 33.7 Å². The molecule has 0 radical (unpaired) electrons. The molecule has 0 unspecified atom stereocenters. The number of carbonyl (C=O) groups excluding carboxylic acids is 3. The highest BCUT2D eigenvalue weighted by Gasteiger charge is 2.64. The fourth-order valence-corrected chi connectivity index (χ4v) is 6.19. The molecule has 178 valence electrons. The van der Waals surface area contributed by atoms with Crippen LogP contribution in [0.3, 0.4) is 0 Å². The van der Waals surface area contributed by atoms with Gasteiger partial charge in [-0.3, -0.25) is 14.4 Å². The highest BCUT2D eigenvalue weighted by Crippen LogP contribution is 2.49. The maximum atomic E-state index is 14.3. The van der Waals surface area contributed by atoms with Crippen molar-refractivity contribution in [3.05, 3.63) is 29.8 Å². The number of morpholine rings is 1. The average molecular weight is 485 g/mol. The van der Waals surface area contributed by atoms with Crippen LogP contribution in [0.15, 0.2) is 23.1 Å². The Morgan fingerprint density at radius 3 is 2.52 bits per heavy atom. The molecular formula is C20H21F2N3O7S. The molecule has 1 aromatic rings. The van der Waals surface area contributed by atoms with Gasteiger partial charge >= 0.3 is 5.97 Å². The monoisotopic (exact) mass is 485 g/mol. The standard InChI is InChI=1S/C20H21F2N3O7S/c21-12-1-2-16(15(22)9-12)33(29,30)13-10-14(17(26)25-4-7-31-8-5-25)20(11-13,18(24)27)19(28)32-6-3-23/h1-2,9,13-14H,4-8,10-11H2,(H2,24,27)/t13-,14+,20-/m1/s1. The number of esters is 1. The summed E-state index contributed by atoms with van der Waals surface area (Å²) in [5.41, 5.74) is 3.13. The third kappa shape index (κ3) is 4.40. The maximum Gasteiger partial charge on any atom is 0.323 e. The van der Waals surface area contributed by atoms with E-state index in [9.17, 15) is 31.6 Å². The quantitative estimate of drug-likeness (QED) is 0.333. The third-order valence-corrected chi connectivity index (χ3v) is 8.16. The maximum absolute atomic E-state index is 14.3. The Bertz CT molecular complexity index is 1120. The van der Waals surface area contributed by atoms with Gasteiger partial charge < -0.3 is 20.1 Å². The molecule has 2 aliphatic rings. The van der Waals surface area contributed by atoms with E-state index in [-0.39, 0.29) is 26.3 Å². The smallest absolute Gasteiger partial charge is 0.323 e. The Labute approximate surface area is 188 Å². The van der Waals surface area contributed by atoms with Gasteiger partial charge in [0, 0.05) is 19.2 Å². The van der Waals surface area contributed by atoms with Gasteiger partial charge in [0.05, 0.1) is 24.4 Å². The normalized spacial score (nSPS) is 25.3. The van der Waals surface area contributed by atoms with Crippen LogP contribution in [0.2, 0.25) is 0 Å². The summed E-state index contributed by atoms with van der Waals surface area (Å²) in [4.78, 5) is 39.2. The van der Waals surface area contributed by atoms with E-state index in [0.29, 0.717) is 6.07 Å². The second-order valence-electron chi connectivity index (χ2n) is 7.74. The first-order valence-electron chi connectivity index (χ1n) is 9.95. The average Bonchev–Trinajstić information content (AvgIpc) is 3.20. The summed E-state index contributed by atoms with van der Waals surface area (Å²) < 4.78 is 64.0. The van der Waals surface area contributed by atoms with E-state index in [1.165, 1.54) is 4.90 Å². The van der Waals surface area contributed by atoms with E-state index in [4.69, 9.17) is 20.5 Å². The van der Waals surface area contributed by atoms with Crippen molar-refractivity contribution in [2.45, 2.75) is 23.0 Å². The van der Waals surface area contributed by atoms with Crippen molar-refractivity contribution in [1.29, 1.82) is 5.26 Å². The van der Waals surface area contributed by atoms with Crippen LogP contribution in [-0.4, -0.2) is 69.3 Å². The fourth-order valence-electron chi connectivity index (χ4n) is 4.31. The number of hydrogen-bond donors (Lipinski definition) is 1. The zero-order valence-electron chi connectivity index (χ0n) is 17.3. The molecular weight excluding hydrogens is 464 g/mol. The molecule has 1 heterocycles. The molecule has 1 aromatic carbocycles. The van der Waals surface area contributed by atoms with Crippen molar-refractivity contribution < 1.29 is 41.1 Å². The molecule has 13 heteroatoms. The van der Waals surface area contributed by atoms with Crippen LogP contribution < -0.4 is 5.73 Å². The summed E-state index contributed by atoms with van der Waals surface area (Å²) in [5, 5.41) is 7.17. The number of carbonyl (C=O) groups is 3. The number of nitrogens with zero attached hydrogens (tertiary/aromatic N) is 2. The first-order chi connectivity index (χ1) is 15.6. The molecule has 2 amide bonds. The van der Waals surface area contributed by atoms with E-state index in [1.54, 1.807) is 6.07 Å². The van der Waals surface area contributed by atoms with Gasteiger partial charge in [-0.25, -0.2) is 17.2 Å². The number of amides is 2. The Morgan fingerprint density at radius 2 is 1.94 bits per heavy atom. The van der Waals surface area contributed by atoms with Gasteiger partial charge in [0.2, 0.25) is 11.8 Å². The summed E-state index contributed by atoms with van der Waals surface area (Å²) in [7, 11) is -4.56. The van der Waals surface area contributed by atoms with Crippen LogP contribution in [0.5, 0.6) is 0 Å². The number of nitrogens with two attached hydrogens (primary N) is 1. The second-order valence-corrected chi connectivity index (χ2v) is 9.94. The molecule has 1 saturated carbocycles. The highest BCUT2D eigenvalue weighted by atomic mass is 32.2. The van der Waals surface area contributed by atoms with E-state index in [0.717, 1.165) is 12.1 Å². The summed E-state index contributed by atoms with van der Waals surface area (Å²) in [5.74, 6) is -7.18. The van der Waals surface area contributed by atoms with Gasteiger partial charge in [0.15, 0.2) is 21.9 Å². The lowest BCUT2D eigenvalue weighted by Crippen LogP contribution is -2.54. The van der Waals surface area contributed by atoms with Gasteiger partial charge in [-0.1, -0.05) is 0 Å². The summed E-state index contributed by atoms with van der Waals surface area (Å²) in [6.07, 6.45) is -1.29. The lowest BCUT2D eigenvalue weighted by Gasteiger charge is -2.34. The Hall–Kier alpha value is -3.11. The largest absolute Gasteiger partial charge is 0.449 e. The second kappa shape index (κ2) is 9.40. The molecule has 1 aliphatic heterocycles. The SMILES string of the molecule is N#CCOC(=O)[C@]1(C(N)=O)C[C@H](S(=O)(=O)c2ccc(F)cc2F)C[C@H]1C(=O)N1CCOCC1. The Kier molecular flexibility index (Phi) is 6.99. The summed E-state index contributed by atoms with van der Waals surface area (Å²) >= 11 is 0. The van der Waals surface area contributed by atoms with Crippen molar-refractivity contribution >= 4 is 27.6 Å². The van der Waals surface area contributed by atoms with E-state index < -0.39 is 80.2 Å².